The Morgan fingerprint density at radius 3 is 1.89 bits per heavy atom. The van der Waals surface area contributed by atoms with Crippen molar-refractivity contribution in [3.8, 4) is 0 Å². The first-order valence-corrected chi connectivity index (χ1v) is 6.13. The molecule has 2 aromatic rings. The second-order valence-corrected chi connectivity index (χ2v) is 4.30. The molecule has 0 saturated heterocycles. The molecule has 0 aromatic heterocycles. The van der Waals surface area contributed by atoms with E-state index in [0.717, 1.165) is 11.1 Å². The van der Waals surface area contributed by atoms with Crippen molar-refractivity contribution in [1.82, 2.24) is 0 Å². The first kappa shape index (κ1) is 13.3. The zero-order valence-corrected chi connectivity index (χ0v) is 10.7. The Bertz CT molecular complexity index is 522. The van der Waals surface area contributed by atoms with Crippen molar-refractivity contribution >= 4 is 5.97 Å². The van der Waals surface area contributed by atoms with E-state index in [9.17, 15) is 9.90 Å². The number of rotatable bonds is 4. The molecule has 0 aliphatic heterocycles. The van der Waals surface area contributed by atoms with E-state index in [4.69, 9.17) is 4.74 Å². The van der Waals surface area contributed by atoms with Crippen molar-refractivity contribution in [2.75, 3.05) is 0 Å². The van der Waals surface area contributed by atoms with Crippen LogP contribution in [0.4, 0.5) is 0 Å². The number of benzene rings is 2. The topological polar surface area (TPSA) is 46.5 Å². The summed E-state index contributed by atoms with van der Waals surface area (Å²) in [6.07, 6.45) is -1.58. The Morgan fingerprint density at radius 2 is 1.42 bits per heavy atom. The van der Waals surface area contributed by atoms with E-state index in [-0.39, 0.29) is 0 Å². The van der Waals surface area contributed by atoms with E-state index in [2.05, 4.69) is 0 Å². The van der Waals surface area contributed by atoms with Gasteiger partial charge in [0.2, 0.25) is 0 Å². The van der Waals surface area contributed by atoms with Crippen LogP contribution in [0.3, 0.4) is 0 Å². The highest BCUT2D eigenvalue weighted by molar-refractivity contribution is 5.66. The van der Waals surface area contributed by atoms with Crippen LogP contribution in [-0.2, 0) is 9.53 Å². The highest BCUT2D eigenvalue weighted by Crippen LogP contribution is 2.31. The molecule has 2 atom stereocenters. The highest BCUT2D eigenvalue weighted by Gasteiger charge is 2.25. The van der Waals surface area contributed by atoms with Gasteiger partial charge in [-0.2, -0.15) is 0 Å². The standard InChI is InChI=1S/C16H16O3/c1-12(17)19-16(14-10-6-3-7-11-14)15(18)13-8-4-2-5-9-13/h2-11,15-16,18H,1H3/t15-,16-/m0/s1. The van der Waals surface area contributed by atoms with E-state index >= 15 is 0 Å². The van der Waals surface area contributed by atoms with Gasteiger partial charge in [0.25, 0.3) is 0 Å². The van der Waals surface area contributed by atoms with Gasteiger partial charge in [-0.25, -0.2) is 0 Å². The van der Waals surface area contributed by atoms with Gasteiger partial charge in [-0.3, -0.25) is 4.79 Å². The van der Waals surface area contributed by atoms with Gasteiger partial charge >= 0.3 is 5.97 Å². The van der Waals surface area contributed by atoms with Gasteiger partial charge in [-0.05, 0) is 11.1 Å². The van der Waals surface area contributed by atoms with E-state index in [1.807, 2.05) is 60.7 Å². The molecule has 2 aromatic carbocycles. The quantitative estimate of drug-likeness (QED) is 0.855. The van der Waals surface area contributed by atoms with Gasteiger partial charge in [0.15, 0.2) is 6.10 Å². The largest absolute Gasteiger partial charge is 0.455 e. The number of aliphatic hydroxyl groups excluding tert-OH is 1. The minimum atomic E-state index is -0.882. The molecule has 0 unspecified atom stereocenters. The fraction of sp³-hybridized carbons (Fsp3) is 0.188. The van der Waals surface area contributed by atoms with Crippen molar-refractivity contribution in [2.45, 2.75) is 19.1 Å². The van der Waals surface area contributed by atoms with Crippen molar-refractivity contribution in [3.05, 3.63) is 71.8 Å². The second-order valence-electron chi connectivity index (χ2n) is 4.30. The van der Waals surface area contributed by atoms with Crippen LogP contribution < -0.4 is 0 Å². The molecular weight excluding hydrogens is 240 g/mol. The molecule has 0 bridgehead atoms. The molecule has 2 rings (SSSR count). The normalized spacial score (nSPS) is 13.6. The monoisotopic (exact) mass is 256 g/mol. The third-order valence-electron chi connectivity index (χ3n) is 2.85. The van der Waals surface area contributed by atoms with Crippen LogP contribution in [-0.4, -0.2) is 11.1 Å². The predicted molar refractivity (Wildman–Crippen MR) is 72.4 cm³/mol. The number of hydrogen-bond donors (Lipinski definition) is 1. The van der Waals surface area contributed by atoms with Crippen LogP contribution in [0.2, 0.25) is 0 Å². The maximum absolute atomic E-state index is 11.2. The average molecular weight is 256 g/mol. The summed E-state index contributed by atoms with van der Waals surface area (Å²) < 4.78 is 5.26. The molecule has 0 amide bonds. The SMILES string of the molecule is CC(=O)O[C@@H](c1ccccc1)[C@@H](O)c1ccccc1. The van der Waals surface area contributed by atoms with E-state index in [0.29, 0.717) is 0 Å². The molecule has 0 saturated carbocycles. The van der Waals surface area contributed by atoms with E-state index in [1.165, 1.54) is 6.92 Å². The van der Waals surface area contributed by atoms with Gasteiger partial charge in [0, 0.05) is 6.92 Å². The minimum Gasteiger partial charge on any atom is -0.455 e. The summed E-state index contributed by atoms with van der Waals surface area (Å²) in [6, 6.07) is 18.4. The van der Waals surface area contributed by atoms with Crippen molar-refractivity contribution < 1.29 is 14.6 Å². The predicted octanol–water partition coefficient (Wildman–Crippen LogP) is 3.02. The number of carbonyl (C=O) groups excluding carboxylic acids is 1. The van der Waals surface area contributed by atoms with Gasteiger partial charge in [0.1, 0.15) is 6.10 Å². The molecule has 3 heteroatoms. The molecule has 1 N–H and O–H groups in total. The molecule has 3 nitrogen and oxygen atoms in total. The fourth-order valence-electron chi connectivity index (χ4n) is 1.96. The summed E-state index contributed by atoms with van der Waals surface area (Å²) in [6.45, 7) is 1.34. The summed E-state index contributed by atoms with van der Waals surface area (Å²) in [5, 5.41) is 10.4. The lowest BCUT2D eigenvalue weighted by atomic mass is 9.98. The number of ether oxygens (including phenoxy) is 1. The Balaban J connectivity index is 2.30. The van der Waals surface area contributed by atoms with Crippen LogP contribution in [0.5, 0.6) is 0 Å². The van der Waals surface area contributed by atoms with E-state index < -0.39 is 18.2 Å². The van der Waals surface area contributed by atoms with E-state index in [1.54, 1.807) is 0 Å². The zero-order chi connectivity index (χ0) is 13.7. The maximum Gasteiger partial charge on any atom is 0.303 e. The lowest BCUT2D eigenvalue weighted by Crippen LogP contribution is -2.17. The third kappa shape index (κ3) is 3.42. The van der Waals surface area contributed by atoms with Crippen LogP contribution in [0.25, 0.3) is 0 Å². The second kappa shape index (κ2) is 6.16. The molecule has 0 radical (unpaired) electrons. The van der Waals surface area contributed by atoms with Gasteiger partial charge < -0.3 is 9.84 Å². The summed E-state index contributed by atoms with van der Waals surface area (Å²) in [5.41, 5.74) is 1.49. The lowest BCUT2D eigenvalue weighted by molar-refractivity contribution is -0.153. The van der Waals surface area contributed by atoms with Crippen LogP contribution >= 0.6 is 0 Å². The number of aliphatic hydroxyl groups is 1. The highest BCUT2D eigenvalue weighted by atomic mass is 16.6. The Labute approximate surface area is 112 Å². The Kier molecular flexibility index (Phi) is 4.31. The average Bonchev–Trinajstić information content (AvgIpc) is 2.46. The molecule has 0 heterocycles. The first-order valence-electron chi connectivity index (χ1n) is 6.13. The summed E-state index contributed by atoms with van der Waals surface area (Å²) in [5.74, 6) is -0.413. The molecule has 98 valence electrons. The summed E-state index contributed by atoms with van der Waals surface area (Å²) >= 11 is 0. The van der Waals surface area contributed by atoms with Crippen LogP contribution in [0.15, 0.2) is 60.7 Å². The summed E-state index contributed by atoms with van der Waals surface area (Å²) in [4.78, 5) is 11.2. The molecule has 0 spiro atoms. The van der Waals surface area contributed by atoms with Crippen molar-refractivity contribution in [3.63, 3.8) is 0 Å². The van der Waals surface area contributed by atoms with Gasteiger partial charge in [-0.1, -0.05) is 60.7 Å². The number of esters is 1. The van der Waals surface area contributed by atoms with Gasteiger partial charge in [-0.15, -0.1) is 0 Å². The first-order chi connectivity index (χ1) is 9.18. The molecule has 0 fully saturated rings. The zero-order valence-electron chi connectivity index (χ0n) is 10.7. The number of hydrogen-bond acceptors (Lipinski definition) is 3. The summed E-state index contributed by atoms with van der Waals surface area (Å²) in [7, 11) is 0. The molecular formula is C16H16O3. The third-order valence-corrected chi connectivity index (χ3v) is 2.85. The molecule has 0 aliphatic carbocycles. The van der Waals surface area contributed by atoms with Crippen LogP contribution in [0, 0.1) is 0 Å². The molecule has 19 heavy (non-hydrogen) atoms. The fourth-order valence-corrected chi connectivity index (χ4v) is 1.96. The Hall–Kier alpha value is -2.13. The minimum absolute atomic E-state index is 0.413. The maximum atomic E-state index is 11.2. The number of carbonyl (C=O) groups is 1. The molecule has 0 aliphatic rings. The smallest absolute Gasteiger partial charge is 0.303 e. The van der Waals surface area contributed by atoms with Crippen molar-refractivity contribution in [1.29, 1.82) is 0 Å². The lowest BCUT2D eigenvalue weighted by Gasteiger charge is -2.23. The van der Waals surface area contributed by atoms with Gasteiger partial charge in [0.05, 0.1) is 0 Å². The Morgan fingerprint density at radius 1 is 0.947 bits per heavy atom. The van der Waals surface area contributed by atoms with Crippen molar-refractivity contribution in [2.24, 2.45) is 0 Å². The van der Waals surface area contributed by atoms with Crippen LogP contribution in [0.1, 0.15) is 30.3 Å².